The first-order chi connectivity index (χ1) is 5.27. The van der Waals surface area contributed by atoms with E-state index < -0.39 is 0 Å². The van der Waals surface area contributed by atoms with Gasteiger partial charge >= 0.3 is 0 Å². The van der Waals surface area contributed by atoms with E-state index in [1.165, 1.54) is 6.26 Å². The summed E-state index contributed by atoms with van der Waals surface area (Å²) in [6.45, 7) is 1.98. The van der Waals surface area contributed by atoms with Crippen LogP contribution in [0.4, 0.5) is 0 Å². The quantitative estimate of drug-likeness (QED) is 0.768. The van der Waals surface area contributed by atoms with Crippen LogP contribution in [0.2, 0.25) is 0 Å². The standard InChI is InChI=1S/C9H8O2.Ac/c1-6-2-3-9-7(4-6)8(10)5-11-9;/h2-5,10H,1H3;. The number of benzene rings is 1. The molecule has 1 aromatic carbocycles. The maximum absolute atomic E-state index is 9.24. The number of hydrogen-bond acceptors (Lipinski definition) is 2. The van der Waals surface area contributed by atoms with Gasteiger partial charge in [-0.05, 0) is 19.1 Å². The molecule has 1 N–H and O–H groups in total. The van der Waals surface area contributed by atoms with Crippen LogP contribution >= 0.6 is 0 Å². The summed E-state index contributed by atoms with van der Waals surface area (Å²) >= 11 is 0. The molecule has 2 rings (SSSR count). The minimum atomic E-state index is 0. The van der Waals surface area contributed by atoms with Crippen LogP contribution in [-0.2, 0) is 0 Å². The Morgan fingerprint density at radius 1 is 1.33 bits per heavy atom. The van der Waals surface area contributed by atoms with Gasteiger partial charge in [0.05, 0.1) is 5.39 Å². The topological polar surface area (TPSA) is 33.4 Å². The number of rotatable bonds is 0. The minimum Gasteiger partial charge on any atom is -0.504 e. The summed E-state index contributed by atoms with van der Waals surface area (Å²) < 4.78 is 5.05. The van der Waals surface area contributed by atoms with Crippen molar-refractivity contribution < 1.29 is 53.6 Å². The van der Waals surface area contributed by atoms with Crippen LogP contribution in [0, 0.1) is 51.0 Å². The molecule has 1 heterocycles. The number of hydrogen-bond donors (Lipinski definition) is 1. The average molecular weight is 375 g/mol. The van der Waals surface area contributed by atoms with Gasteiger partial charge in [-0.15, -0.1) is 0 Å². The summed E-state index contributed by atoms with van der Waals surface area (Å²) in [5.74, 6) is 0.212. The summed E-state index contributed by atoms with van der Waals surface area (Å²) in [6.07, 6.45) is 1.35. The largest absolute Gasteiger partial charge is 0.504 e. The van der Waals surface area contributed by atoms with Gasteiger partial charge in [0.15, 0.2) is 5.75 Å². The van der Waals surface area contributed by atoms with Crippen LogP contribution in [0.15, 0.2) is 28.9 Å². The van der Waals surface area contributed by atoms with E-state index in [-0.39, 0.29) is 49.8 Å². The van der Waals surface area contributed by atoms with E-state index in [1.807, 2.05) is 25.1 Å². The van der Waals surface area contributed by atoms with Gasteiger partial charge in [-0.3, -0.25) is 0 Å². The molecule has 0 aliphatic rings. The molecule has 12 heavy (non-hydrogen) atoms. The Morgan fingerprint density at radius 2 is 2.08 bits per heavy atom. The average Bonchev–Trinajstić information content (AvgIpc) is 2.33. The number of furan rings is 1. The molecule has 0 fully saturated rings. The second-order valence-corrected chi connectivity index (χ2v) is 2.62. The van der Waals surface area contributed by atoms with Crippen LogP contribution in [0.3, 0.4) is 0 Å². The van der Waals surface area contributed by atoms with Crippen molar-refractivity contribution in [1.82, 2.24) is 0 Å². The molecule has 0 aliphatic heterocycles. The van der Waals surface area contributed by atoms with E-state index >= 15 is 0 Å². The van der Waals surface area contributed by atoms with Crippen molar-refractivity contribution in [2.75, 3.05) is 0 Å². The molecule has 1 aromatic heterocycles. The first kappa shape index (κ1) is 10.1. The van der Waals surface area contributed by atoms with Gasteiger partial charge in [-0.25, -0.2) is 0 Å². The fraction of sp³-hybridized carbons (Fsp3) is 0.111. The van der Waals surface area contributed by atoms with Crippen molar-refractivity contribution in [2.45, 2.75) is 6.92 Å². The van der Waals surface area contributed by atoms with E-state index in [0.29, 0.717) is 0 Å². The number of aryl methyl sites for hydroxylation is 1. The van der Waals surface area contributed by atoms with E-state index in [0.717, 1.165) is 16.5 Å². The second-order valence-electron chi connectivity index (χ2n) is 2.62. The van der Waals surface area contributed by atoms with Crippen molar-refractivity contribution in [2.24, 2.45) is 0 Å². The van der Waals surface area contributed by atoms with Crippen molar-refractivity contribution in [3.63, 3.8) is 0 Å². The number of aromatic hydroxyl groups is 1. The fourth-order valence-electron chi connectivity index (χ4n) is 1.13. The summed E-state index contributed by atoms with van der Waals surface area (Å²) in [5.41, 5.74) is 1.85. The first-order valence-corrected chi connectivity index (χ1v) is 3.44. The van der Waals surface area contributed by atoms with E-state index in [4.69, 9.17) is 4.42 Å². The maximum atomic E-state index is 9.24. The van der Waals surface area contributed by atoms with Crippen LogP contribution < -0.4 is 0 Å². The van der Waals surface area contributed by atoms with Crippen LogP contribution in [0.5, 0.6) is 5.75 Å². The fourth-order valence-corrected chi connectivity index (χ4v) is 1.13. The Bertz CT molecular complexity index is 392. The Labute approximate surface area is 106 Å². The molecule has 0 atom stereocenters. The zero-order valence-electron chi connectivity index (χ0n) is 6.74. The molecular formula is C9H8AcO2. The van der Waals surface area contributed by atoms with Gasteiger partial charge in [-0.1, -0.05) is 11.6 Å². The van der Waals surface area contributed by atoms with Crippen LogP contribution in [0.25, 0.3) is 11.0 Å². The molecule has 0 bridgehead atoms. The summed E-state index contributed by atoms with van der Waals surface area (Å²) in [4.78, 5) is 0. The smallest absolute Gasteiger partial charge is 0.161 e. The van der Waals surface area contributed by atoms with Gasteiger partial charge in [-0.2, -0.15) is 0 Å². The second kappa shape index (κ2) is 3.81. The van der Waals surface area contributed by atoms with Crippen LogP contribution in [0.1, 0.15) is 5.56 Å². The predicted octanol–water partition coefficient (Wildman–Crippen LogP) is 2.45. The minimum absolute atomic E-state index is 0. The van der Waals surface area contributed by atoms with E-state index in [9.17, 15) is 5.11 Å². The molecular weight excluding hydrogens is 367 g/mol. The van der Waals surface area contributed by atoms with Gasteiger partial charge in [0.2, 0.25) is 0 Å². The summed E-state index contributed by atoms with van der Waals surface area (Å²) in [7, 11) is 0. The molecule has 0 aliphatic carbocycles. The summed E-state index contributed by atoms with van der Waals surface area (Å²) in [6, 6.07) is 5.70. The number of fused-ring (bicyclic) bond motifs is 1. The maximum Gasteiger partial charge on any atom is 0.161 e. The van der Waals surface area contributed by atoms with Crippen LogP contribution in [-0.4, -0.2) is 5.11 Å². The van der Waals surface area contributed by atoms with Crippen molar-refractivity contribution in [3.8, 4) is 5.75 Å². The molecule has 0 spiro atoms. The molecule has 0 unspecified atom stereocenters. The van der Waals surface area contributed by atoms with Crippen molar-refractivity contribution in [3.05, 3.63) is 30.0 Å². The Hall–Kier alpha value is 0.00156. The molecule has 3 heteroatoms. The Morgan fingerprint density at radius 3 is 2.83 bits per heavy atom. The van der Waals surface area contributed by atoms with Crippen molar-refractivity contribution in [1.29, 1.82) is 0 Å². The van der Waals surface area contributed by atoms with E-state index in [2.05, 4.69) is 0 Å². The SMILES string of the molecule is Cc1ccc2occ(O)c2c1.[Ac]. The molecule has 0 amide bonds. The van der Waals surface area contributed by atoms with Gasteiger partial charge < -0.3 is 9.52 Å². The predicted molar refractivity (Wildman–Crippen MR) is 42.6 cm³/mol. The Balaban J connectivity index is 0.000000720. The summed E-state index contributed by atoms with van der Waals surface area (Å²) in [5, 5.41) is 10.0. The third-order valence-corrected chi connectivity index (χ3v) is 1.71. The molecule has 1 radical (unpaired) electrons. The van der Waals surface area contributed by atoms with Gasteiger partial charge in [0.25, 0.3) is 0 Å². The third kappa shape index (κ3) is 1.67. The van der Waals surface area contributed by atoms with Gasteiger partial charge in [0.1, 0.15) is 11.8 Å². The normalized spacial score (nSPS) is 9.75. The molecule has 0 saturated heterocycles. The third-order valence-electron chi connectivity index (χ3n) is 1.71. The van der Waals surface area contributed by atoms with E-state index in [1.54, 1.807) is 0 Å². The monoisotopic (exact) mass is 375 g/mol. The molecule has 2 aromatic rings. The molecule has 0 saturated carbocycles. The van der Waals surface area contributed by atoms with Gasteiger partial charge in [0, 0.05) is 44.1 Å². The first-order valence-electron chi connectivity index (χ1n) is 3.44. The molecule has 59 valence electrons. The van der Waals surface area contributed by atoms with Crippen molar-refractivity contribution >= 4 is 11.0 Å². The zero-order valence-corrected chi connectivity index (χ0v) is 11.5. The Kier molecular flexibility index (Phi) is 3.20. The zero-order chi connectivity index (χ0) is 7.84. The molecule has 2 nitrogen and oxygen atoms in total.